The summed E-state index contributed by atoms with van der Waals surface area (Å²) in [5.41, 5.74) is 2.31. The van der Waals surface area contributed by atoms with Gasteiger partial charge in [-0.2, -0.15) is 0 Å². The van der Waals surface area contributed by atoms with Crippen LogP contribution in [0.25, 0.3) is 0 Å². The van der Waals surface area contributed by atoms with Gasteiger partial charge in [0, 0.05) is 35.0 Å². The highest BCUT2D eigenvalue weighted by atomic mass is 79.9. The molecule has 0 amide bonds. The fourth-order valence-electron chi connectivity index (χ4n) is 1.90. The zero-order valence-electron chi connectivity index (χ0n) is 11.1. The van der Waals surface area contributed by atoms with Crippen molar-refractivity contribution in [3.8, 4) is 5.75 Å². The lowest BCUT2D eigenvalue weighted by molar-refractivity contribution is 0.406. The molecule has 100 valence electrons. The second kappa shape index (κ2) is 6.68. The first kappa shape index (κ1) is 14.0. The molecular weight excluding hydrogens is 304 g/mol. The van der Waals surface area contributed by atoms with Crippen molar-refractivity contribution in [2.75, 3.05) is 7.11 Å². The summed E-state index contributed by atoms with van der Waals surface area (Å²) in [5.74, 6) is 0.897. The van der Waals surface area contributed by atoms with Gasteiger partial charge in [-0.05, 0) is 36.8 Å². The average Bonchev–Trinajstić information content (AvgIpc) is 2.46. The van der Waals surface area contributed by atoms with E-state index in [2.05, 4.69) is 45.3 Å². The lowest BCUT2D eigenvalue weighted by atomic mass is 10.1. The first-order chi connectivity index (χ1) is 9.20. The van der Waals surface area contributed by atoms with E-state index >= 15 is 0 Å². The van der Waals surface area contributed by atoms with Crippen LogP contribution < -0.4 is 10.1 Å². The molecule has 4 heteroatoms. The summed E-state index contributed by atoms with van der Waals surface area (Å²) >= 11 is 3.48. The van der Waals surface area contributed by atoms with Gasteiger partial charge in [-0.25, -0.2) is 0 Å². The van der Waals surface area contributed by atoms with E-state index in [1.54, 1.807) is 13.3 Å². The highest BCUT2D eigenvalue weighted by Gasteiger charge is 2.08. The van der Waals surface area contributed by atoms with Gasteiger partial charge in [-0.1, -0.05) is 22.0 Å². The van der Waals surface area contributed by atoms with Gasteiger partial charge >= 0.3 is 0 Å². The summed E-state index contributed by atoms with van der Waals surface area (Å²) in [6.07, 6.45) is 3.67. The van der Waals surface area contributed by atoms with Crippen molar-refractivity contribution in [2.24, 2.45) is 0 Å². The topological polar surface area (TPSA) is 34.1 Å². The number of ether oxygens (including phenoxy) is 1. The maximum Gasteiger partial charge on any atom is 0.123 e. The lowest BCUT2D eigenvalue weighted by Crippen LogP contribution is -2.18. The van der Waals surface area contributed by atoms with Crippen LogP contribution in [-0.4, -0.2) is 12.1 Å². The molecule has 0 unspecified atom stereocenters. The number of aromatic nitrogens is 1. The Morgan fingerprint density at radius 1 is 1.37 bits per heavy atom. The Kier molecular flexibility index (Phi) is 4.93. The molecule has 0 saturated heterocycles. The van der Waals surface area contributed by atoms with E-state index in [1.165, 1.54) is 5.56 Å². The summed E-state index contributed by atoms with van der Waals surface area (Å²) < 4.78 is 6.42. The van der Waals surface area contributed by atoms with Crippen molar-refractivity contribution in [3.05, 3.63) is 58.3 Å². The van der Waals surface area contributed by atoms with Crippen molar-refractivity contribution in [1.29, 1.82) is 0 Å². The maximum atomic E-state index is 5.37. The number of methoxy groups -OCH3 is 1. The molecule has 0 aliphatic rings. The van der Waals surface area contributed by atoms with Crippen LogP contribution in [0.4, 0.5) is 0 Å². The van der Waals surface area contributed by atoms with Gasteiger partial charge < -0.3 is 10.1 Å². The Bertz CT molecular complexity index is 531. The van der Waals surface area contributed by atoms with Crippen LogP contribution in [0.1, 0.15) is 24.1 Å². The van der Waals surface area contributed by atoms with E-state index in [4.69, 9.17) is 4.74 Å². The summed E-state index contributed by atoms with van der Waals surface area (Å²) in [5, 5.41) is 3.48. The third-order valence-electron chi connectivity index (χ3n) is 3.03. The molecule has 2 rings (SSSR count). The molecule has 3 nitrogen and oxygen atoms in total. The predicted molar refractivity (Wildman–Crippen MR) is 80.2 cm³/mol. The number of nitrogens with one attached hydrogen (secondary N) is 1. The minimum atomic E-state index is 0.248. The Morgan fingerprint density at radius 2 is 2.21 bits per heavy atom. The zero-order chi connectivity index (χ0) is 13.7. The standard InChI is InChI=1S/C15H17BrN2O/c1-11(12-4-3-7-17-9-12)18-10-13-8-14(16)5-6-15(13)19-2/h3-9,11,18H,10H2,1-2H3/t11-/m0/s1. The average molecular weight is 321 g/mol. The summed E-state index contributed by atoms with van der Waals surface area (Å²) in [6, 6.07) is 10.3. The number of nitrogens with zero attached hydrogens (tertiary/aromatic N) is 1. The molecule has 0 aliphatic heterocycles. The molecule has 0 spiro atoms. The molecule has 1 atom stereocenters. The van der Waals surface area contributed by atoms with Gasteiger partial charge in [0.15, 0.2) is 0 Å². The van der Waals surface area contributed by atoms with Crippen LogP contribution in [-0.2, 0) is 6.54 Å². The van der Waals surface area contributed by atoms with Crippen molar-refractivity contribution in [1.82, 2.24) is 10.3 Å². The van der Waals surface area contributed by atoms with Crippen LogP contribution in [0, 0.1) is 0 Å². The lowest BCUT2D eigenvalue weighted by Gasteiger charge is -2.15. The van der Waals surface area contributed by atoms with E-state index in [-0.39, 0.29) is 6.04 Å². The van der Waals surface area contributed by atoms with Crippen molar-refractivity contribution < 1.29 is 4.74 Å². The normalized spacial score (nSPS) is 12.2. The van der Waals surface area contributed by atoms with E-state index in [0.717, 1.165) is 22.3 Å². The molecule has 1 heterocycles. The quantitative estimate of drug-likeness (QED) is 0.912. The van der Waals surface area contributed by atoms with Crippen molar-refractivity contribution in [2.45, 2.75) is 19.5 Å². The van der Waals surface area contributed by atoms with Crippen LogP contribution in [0.5, 0.6) is 5.75 Å². The third kappa shape index (κ3) is 3.78. The smallest absolute Gasteiger partial charge is 0.123 e. The third-order valence-corrected chi connectivity index (χ3v) is 3.52. The van der Waals surface area contributed by atoms with E-state index in [9.17, 15) is 0 Å². The molecule has 0 bridgehead atoms. The van der Waals surface area contributed by atoms with E-state index < -0.39 is 0 Å². The van der Waals surface area contributed by atoms with Gasteiger partial charge in [-0.3, -0.25) is 4.98 Å². The molecule has 1 aromatic heterocycles. The first-order valence-electron chi connectivity index (χ1n) is 6.16. The summed E-state index contributed by atoms with van der Waals surface area (Å²) in [7, 11) is 1.69. The Balaban J connectivity index is 2.04. The fraction of sp³-hybridized carbons (Fsp3) is 0.267. The number of hydrogen-bond acceptors (Lipinski definition) is 3. The molecular formula is C15H17BrN2O. The maximum absolute atomic E-state index is 5.37. The summed E-state index contributed by atoms with van der Waals surface area (Å²) in [4.78, 5) is 4.14. The molecule has 0 saturated carbocycles. The molecule has 0 aliphatic carbocycles. The predicted octanol–water partition coefficient (Wildman–Crippen LogP) is 3.70. The molecule has 1 aromatic carbocycles. The fourth-order valence-corrected chi connectivity index (χ4v) is 2.31. The Labute approximate surface area is 122 Å². The molecule has 1 N–H and O–H groups in total. The highest BCUT2D eigenvalue weighted by molar-refractivity contribution is 9.10. The Hall–Kier alpha value is -1.39. The van der Waals surface area contributed by atoms with Crippen LogP contribution >= 0.6 is 15.9 Å². The van der Waals surface area contributed by atoms with Gasteiger partial charge in [0.1, 0.15) is 5.75 Å². The number of hydrogen-bond donors (Lipinski definition) is 1. The minimum Gasteiger partial charge on any atom is -0.496 e. The Morgan fingerprint density at radius 3 is 2.89 bits per heavy atom. The molecule has 2 aromatic rings. The number of pyridine rings is 1. The van der Waals surface area contributed by atoms with Gasteiger partial charge in [-0.15, -0.1) is 0 Å². The number of halogens is 1. The molecule has 0 radical (unpaired) electrons. The largest absolute Gasteiger partial charge is 0.496 e. The summed E-state index contributed by atoms with van der Waals surface area (Å²) in [6.45, 7) is 2.88. The minimum absolute atomic E-state index is 0.248. The number of rotatable bonds is 5. The first-order valence-corrected chi connectivity index (χ1v) is 6.95. The second-order valence-electron chi connectivity index (χ2n) is 4.35. The zero-order valence-corrected chi connectivity index (χ0v) is 12.6. The second-order valence-corrected chi connectivity index (χ2v) is 5.26. The van der Waals surface area contributed by atoms with Gasteiger partial charge in [0.2, 0.25) is 0 Å². The number of benzene rings is 1. The monoisotopic (exact) mass is 320 g/mol. The van der Waals surface area contributed by atoms with E-state index in [1.807, 2.05) is 24.4 Å². The SMILES string of the molecule is COc1ccc(Br)cc1CN[C@@H](C)c1cccnc1. The van der Waals surface area contributed by atoms with E-state index in [0.29, 0.717) is 0 Å². The van der Waals surface area contributed by atoms with Crippen LogP contribution in [0.3, 0.4) is 0 Å². The van der Waals surface area contributed by atoms with Gasteiger partial charge in [0.25, 0.3) is 0 Å². The van der Waals surface area contributed by atoms with Crippen molar-refractivity contribution >= 4 is 15.9 Å². The molecule has 19 heavy (non-hydrogen) atoms. The van der Waals surface area contributed by atoms with Crippen LogP contribution in [0.2, 0.25) is 0 Å². The molecule has 0 fully saturated rings. The van der Waals surface area contributed by atoms with Gasteiger partial charge in [0.05, 0.1) is 7.11 Å². The van der Waals surface area contributed by atoms with Crippen LogP contribution in [0.15, 0.2) is 47.2 Å². The van der Waals surface area contributed by atoms with Crippen molar-refractivity contribution in [3.63, 3.8) is 0 Å². The highest BCUT2D eigenvalue weighted by Crippen LogP contribution is 2.23.